The summed E-state index contributed by atoms with van der Waals surface area (Å²) in [5, 5.41) is 16.5. The third kappa shape index (κ3) is 2.53. The maximum Gasteiger partial charge on any atom is 0.200 e. The van der Waals surface area contributed by atoms with E-state index in [0.717, 1.165) is 17.0 Å². The first kappa shape index (κ1) is 13.4. The highest BCUT2D eigenvalue weighted by Gasteiger charge is 2.10. The molecule has 0 spiro atoms. The number of nitrogens with one attached hydrogen (secondary N) is 1. The number of nitrogens with zero attached hydrogens (tertiary/aromatic N) is 2. The number of ether oxygens (including phenoxy) is 1. The summed E-state index contributed by atoms with van der Waals surface area (Å²) in [5.74, 6) is 1.67. The second kappa shape index (κ2) is 5.41. The van der Waals surface area contributed by atoms with Crippen molar-refractivity contribution in [3.8, 4) is 28.6 Å². The number of rotatable bonds is 3. The number of H-pyrrole nitrogens is 1. The fourth-order valence-corrected chi connectivity index (χ4v) is 2.31. The van der Waals surface area contributed by atoms with Crippen molar-refractivity contribution in [2.75, 3.05) is 7.11 Å². The van der Waals surface area contributed by atoms with E-state index in [1.807, 2.05) is 28.8 Å². The standard InChI is InChI=1S/C15H13N3O2S/c1-20-13-8-4-11(5-9-13)18-14(16-17-15(18)21)10-2-6-12(19)7-3-10/h2-9,19H,1H3,(H,17,21). The molecule has 0 radical (unpaired) electrons. The topological polar surface area (TPSA) is 63.1 Å². The maximum atomic E-state index is 9.38. The second-order valence-corrected chi connectivity index (χ2v) is 4.82. The molecule has 0 aliphatic rings. The first-order chi connectivity index (χ1) is 10.2. The molecule has 3 rings (SSSR count). The van der Waals surface area contributed by atoms with Crippen molar-refractivity contribution >= 4 is 12.2 Å². The molecule has 6 heteroatoms. The first-order valence-corrected chi connectivity index (χ1v) is 6.71. The van der Waals surface area contributed by atoms with E-state index in [2.05, 4.69) is 10.2 Å². The van der Waals surface area contributed by atoms with Gasteiger partial charge in [0, 0.05) is 5.56 Å². The lowest BCUT2D eigenvalue weighted by atomic mass is 10.2. The third-order valence-electron chi connectivity index (χ3n) is 3.13. The van der Waals surface area contributed by atoms with E-state index in [1.54, 1.807) is 31.4 Å². The van der Waals surface area contributed by atoms with Crippen molar-refractivity contribution < 1.29 is 9.84 Å². The Kier molecular flexibility index (Phi) is 3.45. The number of hydrogen-bond donors (Lipinski definition) is 2. The fourth-order valence-electron chi connectivity index (χ4n) is 2.07. The zero-order valence-corrected chi connectivity index (χ0v) is 12.1. The smallest absolute Gasteiger partial charge is 0.200 e. The molecule has 0 amide bonds. The molecule has 0 saturated heterocycles. The van der Waals surface area contributed by atoms with Crippen molar-refractivity contribution in [2.24, 2.45) is 0 Å². The number of phenolic OH excluding ortho intramolecular Hbond substituents is 1. The maximum absolute atomic E-state index is 9.38. The van der Waals surface area contributed by atoms with Crippen LogP contribution in [0.2, 0.25) is 0 Å². The number of phenols is 1. The normalized spacial score (nSPS) is 10.5. The van der Waals surface area contributed by atoms with Gasteiger partial charge in [0.2, 0.25) is 0 Å². The number of methoxy groups -OCH3 is 1. The summed E-state index contributed by atoms with van der Waals surface area (Å²) in [5.41, 5.74) is 1.74. The molecule has 3 aromatic rings. The van der Waals surface area contributed by atoms with Crippen LogP contribution in [0.4, 0.5) is 0 Å². The van der Waals surface area contributed by atoms with E-state index in [-0.39, 0.29) is 5.75 Å². The van der Waals surface area contributed by atoms with Crippen LogP contribution in [0, 0.1) is 4.77 Å². The van der Waals surface area contributed by atoms with Crippen LogP contribution in [0.25, 0.3) is 17.1 Å². The molecule has 0 bridgehead atoms. The largest absolute Gasteiger partial charge is 0.508 e. The van der Waals surface area contributed by atoms with E-state index >= 15 is 0 Å². The van der Waals surface area contributed by atoms with E-state index in [4.69, 9.17) is 17.0 Å². The van der Waals surface area contributed by atoms with Crippen molar-refractivity contribution in [1.29, 1.82) is 0 Å². The van der Waals surface area contributed by atoms with E-state index in [0.29, 0.717) is 10.6 Å². The van der Waals surface area contributed by atoms with Gasteiger partial charge in [-0.05, 0) is 60.7 Å². The second-order valence-electron chi connectivity index (χ2n) is 4.43. The van der Waals surface area contributed by atoms with Crippen molar-refractivity contribution in [3.63, 3.8) is 0 Å². The van der Waals surface area contributed by atoms with Gasteiger partial charge in [-0.3, -0.25) is 9.67 Å². The van der Waals surface area contributed by atoms with Crippen LogP contribution in [-0.4, -0.2) is 27.0 Å². The molecule has 2 N–H and O–H groups in total. The summed E-state index contributed by atoms with van der Waals surface area (Å²) >= 11 is 5.31. The summed E-state index contributed by atoms with van der Waals surface area (Å²) in [6.07, 6.45) is 0. The minimum atomic E-state index is 0.212. The van der Waals surface area contributed by atoms with Crippen LogP contribution in [0.3, 0.4) is 0 Å². The minimum absolute atomic E-state index is 0.212. The number of hydrogen-bond acceptors (Lipinski definition) is 4. The Morgan fingerprint density at radius 2 is 1.76 bits per heavy atom. The Morgan fingerprint density at radius 1 is 1.10 bits per heavy atom. The molecular formula is C15H13N3O2S. The van der Waals surface area contributed by atoms with Gasteiger partial charge in [-0.2, -0.15) is 5.10 Å². The molecule has 0 fully saturated rings. The summed E-state index contributed by atoms with van der Waals surface area (Å²) in [6, 6.07) is 14.4. The molecule has 1 aromatic heterocycles. The highest BCUT2D eigenvalue weighted by Crippen LogP contribution is 2.24. The Balaban J connectivity index is 2.12. The molecule has 2 aromatic carbocycles. The van der Waals surface area contributed by atoms with Crippen LogP contribution in [-0.2, 0) is 0 Å². The van der Waals surface area contributed by atoms with Crippen LogP contribution in [0.1, 0.15) is 0 Å². The lowest BCUT2D eigenvalue weighted by Crippen LogP contribution is -1.97. The van der Waals surface area contributed by atoms with Crippen molar-refractivity contribution in [2.45, 2.75) is 0 Å². The average molecular weight is 299 g/mol. The molecule has 0 aliphatic carbocycles. The Morgan fingerprint density at radius 3 is 2.38 bits per heavy atom. The fraction of sp³-hybridized carbons (Fsp3) is 0.0667. The molecule has 0 unspecified atom stereocenters. The van der Waals surface area contributed by atoms with Crippen LogP contribution >= 0.6 is 12.2 Å². The molecule has 21 heavy (non-hydrogen) atoms. The van der Waals surface area contributed by atoms with Crippen LogP contribution in [0.15, 0.2) is 48.5 Å². The van der Waals surface area contributed by atoms with E-state index in [9.17, 15) is 5.11 Å². The van der Waals surface area contributed by atoms with Gasteiger partial charge in [0.15, 0.2) is 10.6 Å². The number of benzene rings is 2. The zero-order valence-electron chi connectivity index (χ0n) is 11.3. The van der Waals surface area contributed by atoms with Gasteiger partial charge in [0.05, 0.1) is 12.8 Å². The summed E-state index contributed by atoms with van der Waals surface area (Å²) < 4.78 is 7.50. The van der Waals surface area contributed by atoms with Gasteiger partial charge in [-0.1, -0.05) is 0 Å². The van der Waals surface area contributed by atoms with Crippen LogP contribution < -0.4 is 4.74 Å². The molecular weight excluding hydrogens is 286 g/mol. The number of aromatic nitrogens is 3. The van der Waals surface area contributed by atoms with E-state index < -0.39 is 0 Å². The monoisotopic (exact) mass is 299 g/mol. The number of aromatic amines is 1. The Hall–Kier alpha value is -2.60. The summed E-state index contributed by atoms with van der Waals surface area (Å²) in [4.78, 5) is 0. The van der Waals surface area contributed by atoms with Crippen molar-refractivity contribution in [3.05, 3.63) is 53.3 Å². The minimum Gasteiger partial charge on any atom is -0.508 e. The van der Waals surface area contributed by atoms with Crippen LogP contribution in [0.5, 0.6) is 11.5 Å². The van der Waals surface area contributed by atoms with Gasteiger partial charge in [0.1, 0.15) is 11.5 Å². The van der Waals surface area contributed by atoms with Gasteiger partial charge >= 0.3 is 0 Å². The molecule has 1 heterocycles. The van der Waals surface area contributed by atoms with Gasteiger partial charge in [-0.25, -0.2) is 0 Å². The molecule has 0 saturated carbocycles. The third-order valence-corrected chi connectivity index (χ3v) is 3.40. The predicted molar refractivity (Wildman–Crippen MR) is 82.4 cm³/mol. The quantitative estimate of drug-likeness (QED) is 0.728. The Bertz CT molecular complexity index is 804. The van der Waals surface area contributed by atoms with E-state index in [1.165, 1.54) is 0 Å². The molecule has 5 nitrogen and oxygen atoms in total. The van der Waals surface area contributed by atoms with Gasteiger partial charge in [0.25, 0.3) is 0 Å². The average Bonchev–Trinajstić information content (AvgIpc) is 2.90. The summed E-state index contributed by atoms with van der Waals surface area (Å²) in [7, 11) is 1.63. The highest BCUT2D eigenvalue weighted by atomic mass is 32.1. The lowest BCUT2D eigenvalue weighted by Gasteiger charge is -2.08. The summed E-state index contributed by atoms with van der Waals surface area (Å²) in [6.45, 7) is 0. The molecule has 0 atom stereocenters. The SMILES string of the molecule is COc1ccc(-n2c(-c3ccc(O)cc3)n[nH]c2=S)cc1. The Labute approximate surface area is 126 Å². The first-order valence-electron chi connectivity index (χ1n) is 6.30. The highest BCUT2D eigenvalue weighted by molar-refractivity contribution is 7.71. The lowest BCUT2D eigenvalue weighted by molar-refractivity contribution is 0.414. The number of aromatic hydroxyl groups is 1. The van der Waals surface area contributed by atoms with Crippen molar-refractivity contribution in [1.82, 2.24) is 14.8 Å². The van der Waals surface area contributed by atoms with Gasteiger partial charge in [-0.15, -0.1) is 0 Å². The molecule has 0 aliphatic heterocycles. The zero-order chi connectivity index (χ0) is 14.8. The van der Waals surface area contributed by atoms with Gasteiger partial charge < -0.3 is 9.84 Å². The predicted octanol–water partition coefficient (Wildman–Crippen LogP) is 3.31. The molecule has 106 valence electrons.